The molecule has 0 aliphatic heterocycles. The molecule has 1 aromatic heterocycles. The number of nitrogens with two attached hydrogens (primary N) is 1. The molecular formula is C8H12N2O2. The summed E-state index contributed by atoms with van der Waals surface area (Å²) in [6.45, 7) is 2.13. The molecule has 66 valence electrons. The second-order valence-corrected chi connectivity index (χ2v) is 2.70. The summed E-state index contributed by atoms with van der Waals surface area (Å²) in [5.74, 6) is -0.900. The van der Waals surface area contributed by atoms with Crippen molar-refractivity contribution in [1.82, 2.24) is 4.57 Å². The Labute approximate surface area is 70.6 Å². The molecule has 3 N–H and O–H groups in total. The Morgan fingerprint density at radius 2 is 2.33 bits per heavy atom. The topological polar surface area (TPSA) is 68.2 Å². The Kier molecular flexibility index (Phi) is 2.19. The zero-order valence-electron chi connectivity index (χ0n) is 7.16. The van der Waals surface area contributed by atoms with E-state index in [0.717, 1.165) is 11.4 Å². The van der Waals surface area contributed by atoms with Crippen LogP contribution in [0.5, 0.6) is 0 Å². The number of rotatable bonds is 2. The van der Waals surface area contributed by atoms with E-state index in [9.17, 15) is 4.79 Å². The van der Waals surface area contributed by atoms with Crippen LogP contribution in [0.1, 0.15) is 21.7 Å². The second-order valence-electron chi connectivity index (χ2n) is 2.70. The highest BCUT2D eigenvalue weighted by atomic mass is 16.4. The molecule has 0 aliphatic carbocycles. The summed E-state index contributed by atoms with van der Waals surface area (Å²) in [6, 6.07) is 1.61. The van der Waals surface area contributed by atoms with Crippen LogP contribution >= 0.6 is 0 Å². The van der Waals surface area contributed by atoms with Crippen LogP contribution in [-0.4, -0.2) is 15.6 Å². The maximum absolute atomic E-state index is 10.6. The van der Waals surface area contributed by atoms with E-state index in [2.05, 4.69) is 0 Å². The van der Waals surface area contributed by atoms with Crippen molar-refractivity contribution in [2.45, 2.75) is 13.5 Å². The van der Waals surface area contributed by atoms with E-state index in [4.69, 9.17) is 10.8 Å². The van der Waals surface area contributed by atoms with Crippen LogP contribution in [0.4, 0.5) is 0 Å². The average Bonchev–Trinajstić information content (AvgIpc) is 2.30. The monoisotopic (exact) mass is 168 g/mol. The van der Waals surface area contributed by atoms with E-state index in [1.54, 1.807) is 17.6 Å². The summed E-state index contributed by atoms with van der Waals surface area (Å²) in [6.07, 6.45) is 0. The number of carboxylic acids is 1. The van der Waals surface area contributed by atoms with Gasteiger partial charge >= 0.3 is 5.97 Å². The second kappa shape index (κ2) is 2.98. The van der Waals surface area contributed by atoms with Gasteiger partial charge in [0.1, 0.15) is 0 Å². The molecule has 0 bridgehead atoms. The highest BCUT2D eigenvalue weighted by Gasteiger charge is 2.12. The fraction of sp³-hybridized carbons (Fsp3) is 0.375. The number of aromatic carboxylic acids is 1. The molecule has 0 saturated carbocycles. The van der Waals surface area contributed by atoms with Gasteiger partial charge in [0.2, 0.25) is 0 Å². The summed E-state index contributed by atoms with van der Waals surface area (Å²) in [5, 5.41) is 8.74. The van der Waals surface area contributed by atoms with Crippen molar-refractivity contribution >= 4 is 5.97 Å². The summed E-state index contributed by atoms with van der Waals surface area (Å²) < 4.78 is 1.80. The number of hydrogen-bond donors (Lipinski definition) is 2. The van der Waals surface area contributed by atoms with E-state index in [0.29, 0.717) is 12.1 Å². The van der Waals surface area contributed by atoms with Crippen LogP contribution in [-0.2, 0) is 13.6 Å². The molecule has 4 nitrogen and oxygen atoms in total. The SMILES string of the molecule is Cc1c(C(=O)O)cc(CN)n1C. The molecule has 0 spiro atoms. The molecule has 0 radical (unpaired) electrons. The zero-order valence-corrected chi connectivity index (χ0v) is 7.16. The Morgan fingerprint density at radius 3 is 2.58 bits per heavy atom. The van der Waals surface area contributed by atoms with Crippen LogP contribution in [0, 0.1) is 6.92 Å². The van der Waals surface area contributed by atoms with E-state index in [1.165, 1.54) is 0 Å². The molecule has 0 amide bonds. The summed E-state index contributed by atoms with van der Waals surface area (Å²) in [7, 11) is 1.81. The lowest BCUT2D eigenvalue weighted by Crippen LogP contribution is -2.04. The molecule has 0 unspecified atom stereocenters. The van der Waals surface area contributed by atoms with Crippen molar-refractivity contribution in [3.63, 3.8) is 0 Å². The van der Waals surface area contributed by atoms with Gasteiger partial charge in [0.25, 0.3) is 0 Å². The van der Waals surface area contributed by atoms with Crippen LogP contribution in [0.15, 0.2) is 6.07 Å². The molecule has 0 fully saturated rings. The number of nitrogens with zero attached hydrogens (tertiary/aromatic N) is 1. The van der Waals surface area contributed by atoms with Gasteiger partial charge in [-0.3, -0.25) is 0 Å². The quantitative estimate of drug-likeness (QED) is 0.675. The number of hydrogen-bond acceptors (Lipinski definition) is 2. The number of aromatic nitrogens is 1. The first-order valence-electron chi connectivity index (χ1n) is 3.66. The van der Waals surface area contributed by atoms with Gasteiger partial charge in [0, 0.05) is 25.0 Å². The Balaban J connectivity index is 3.25. The van der Waals surface area contributed by atoms with E-state index < -0.39 is 5.97 Å². The molecule has 0 aromatic carbocycles. The zero-order chi connectivity index (χ0) is 9.30. The molecule has 0 aliphatic rings. The number of carbonyl (C=O) groups is 1. The molecule has 1 aromatic rings. The largest absolute Gasteiger partial charge is 0.478 e. The van der Waals surface area contributed by atoms with Crippen LogP contribution in [0.3, 0.4) is 0 Å². The maximum Gasteiger partial charge on any atom is 0.337 e. The first-order chi connectivity index (χ1) is 5.57. The lowest BCUT2D eigenvalue weighted by Gasteiger charge is -2.00. The van der Waals surface area contributed by atoms with Crippen LogP contribution in [0.25, 0.3) is 0 Å². The lowest BCUT2D eigenvalue weighted by molar-refractivity contribution is 0.0696. The fourth-order valence-electron chi connectivity index (χ4n) is 1.18. The third kappa shape index (κ3) is 1.21. The smallest absolute Gasteiger partial charge is 0.337 e. The highest BCUT2D eigenvalue weighted by Crippen LogP contribution is 2.13. The predicted octanol–water partition coefficient (Wildman–Crippen LogP) is 0.490. The van der Waals surface area contributed by atoms with Gasteiger partial charge in [0.15, 0.2) is 0 Å². The van der Waals surface area contributed by atoms with Gasteiger partial charge in [-0.1, -0.05) is 0 Å². The standard InChI is InChI=1S/C8H12N2O2/c1-5-7(8(11)12)3-6(4-9)10(5)2/h3H,4,9H2,1-2H3,(H,11,12). The first-order valence-corrected chi connectivity index (χ1v) is 3.66. The van der Waals surface area contributed by atoms with Crippen LogP contribution in [0.2, 0.25) is 0 Å². The summed E-state index contributed by atoms with van der Waals surface area (Å²) in [5.41, 5.74) is 7.33. The lowest BCUT2D eigenvalue weighted by atomic mass is 10.2. The van der Waals surface area contributed by atoms with E-state index >= 15 is 0 Å². The Hall–Kier alpha value is -1.29. The van der Waals surface area contributed by atoms with Gasteiger partial charge in [-0.2, -0.15) is 0 Å². The van der Waals surface area contributed by atoms with Gasteiger partial charge in [-0.25, -0.2) is 4.79 Å². The predicted molar refractivity (Wildman–Crippen MR) is 45.0 cm³/mol. The van der Waals surface area contributed by atoms with Crippen molar-refractivity contribution < 1.29 is 9.90 Å². The van der Waals surface area contributed by atoms with E-state index in [1.807, 2.05) is 7.05 Å². The first kappa shape index (κ1) is 8.80. The fourth-order valence-corrected chi connectivity index (χ4v) is 1.18. The average molecular weight is 168 g/mol. The maximum atomic E-state index is 10.6. The Morgan fingerprint density at radius 1 is 1.75 bits per heavy atom. The van der Waals surface area contributed by atoms with Crippen molar-refractivity contribution in [2.24, 2.45) is 12.8 Å². The minimum atomic E-state index is -0.900. The van der Waals surface area contributed by atoms with Crippen molar-refractivity contribution in [3.8, 4) is 0 Å². The molecule has 0 saturated heterocycles. The molecule has 1 rings (SSSR count). The minimum Gasteiger partial charge on any atom is -0.478 e. The van der Waals surface area contributed by atoms with Gasteiger partial charge in [-0.05, 0) is 13.0 Å². The Bertz CT molecular complexity index is 315. The van der Waals surface area contributed by atoms with Gasteiger partial charge in [0.05, 0.1) is 5.56 Å². The molecule has 1 heterocycles. The summed E-state index contributed by atoms with van der Waals surface area (Å²) >= 11 is 0. The number of carboxylic acid groups (broad SMARTS) is 1. The summed E-state index contributed by atoms with van der Waals surface area (Å²) in [4.78, 5) is 10.6. The van der Waals surface area contributed by atoms with Gasteiger partial charge in [-0.15, -0.1) is 0 Å². The highest BCUT2D eigenvalue weighted by molar-refractivity contribution is 5.89. The third-order valence-corrected chi connectivity index (χ3v) is 2.07. The normalized spacial score (nSPS) is 10.2. The molecule has 0 atom stereocenters. The van der Waals surface area contributed by atoms with E-state index in [-0.39, 0.29) is 0 Å². The minimum absolute atomic E-state index is 0.331. The molecule has 4 heteroatoms. The molecular weight excluding hydrogens is 156 g/mol. The molecule has 12 heavy (non-hydrogen) atoms. The van der Waals surface area contributed by atoms with Crippen molar-refractivity contribution in [2.75, 3.05) is 0 Å². The van der Waals surface area contributed by atoms with Crippen molar-refractivity contribution in [3.05, 3.63) is 23.0 Å². The third-order valence-electron chi connectivity index (χ3n) is 2.07. The van der Waals surface area contributed by atoms with Crippen LogP contribution < -0.4 is 5.73 Å². The van der Waals surface area contributed by atoms with Crippen molar-refractivity contribution in [1.29, 1.82) is 0 Å². The van der Waals surface area contributed by atoms with Gasteiger partial charge < -0.3 is 15.4 Å².